The van der Waals surface area contributed by atoms with Crippen molar-refractivity contribution in [3.05, 3.63) is 30.6 Å². The largest absolute Gasteiger partial charge is 0.364 e. The van der Waals surface area contributed by atoms with Crippen LogP contribution in [0.2, 0.25) is 0 Å². The molecule has 1 aromatic heterocycles. The van der Waals surface area contributed by atoms with Crippen LogP contribution in [-0.4, -0.2) is 38.9 Å². The zero-order chi connectivity index (χ0) is 15.0. The molecule has 0 radical (unpaired) electrons. The van der Waals surface area contributed by atoms with Gasteiger partial charge in [0.1, 0.15) is 12.1 Å². The van der Waals surface area contributed by atoms with Crippen LogP contribution < -0.4 is 5.32 Å². The second-order valence-corrected chi connectivity index (χ2v) is 6.46. The molecule has 0 saturated carbocycles. The second-order valence-electron chi connectivity index (χ2n) is 6.46. The monoisotopic (exact) mass is 284 g/mol. The third kappa shape index (κ3) is 2.68. The molecule has 0 bridgehead atoms. The number of rotatable bonds is 2. The lowest BCUT2D eigenvalue weighted by molar-refractivity contribution is -0.131. The van der Waals surface area contributed by atoms with E-state index in [1.807, 2.05) is 29.2 Å². The van der Waals surface area contributed by atoms with Crippen LogP contribution in [0.4, 0.5) is 5.82 Å². The number of hydrogen-bond donors (Lipinski definition) is 1. The fraction of sp³-hybridized carbons (Fsp3) is 0.438. The fourth-order valence-corrected chi connectivity index (χ4v) is 2.77. The van der Waals surface area contributed by atoms with Crippen LogP contribution in [0.25, 0.3) is 10.9 Å². The highest BCUT2D eigenvalue weighted by Gasteiger charge is 2.36. The number of para-hydroxylation sites is 1. The summed E-state index contributed by atoms with van der Waals surface area (Å²) in [5, 5.41) is 4.39. The maximum absolute atomic E-state index is 12.1. The predicted octanol–water partition coefficient (Wildman–Crippen LogP) is 2.44. The minimum Gasteiger partial charge on any atom is -0.364 e. The van der Waals surface area contributed by atoms with Crippen LogP contribution >= 0.6 is 0 Å². The Morgan fingerprint density at radius 1 is 1.24 bits per heavy atom. The number of nitrogens with zero attached hydrogens (tertiary/aromatic N) is 3. The molecule has 0 aliphatic carbocycles. The Labute approximate surface area is 124 Å². The Kier molecular flexibility index (Phi) is 3.27. The molecule has 1 unspecified atom stereocenters. The van der Waals surface area contributed by atoms with Gasteiger partial charge in [0.25, 0.3) is 0 Å². The standard InChI is InChI=1S/C16H20N4O/c1-16(2,3)20-9-11(8-14(20)21)19-15-12-6-4-5-7-13(12)17-10-18-15/h4-7,10-11H,8-9H2,1-3H3,(H,17,18,19). The summed E-state index contributed by atoms with van der Waals surface area (Å²) in [6.07, 6.45) is 2.07. The number of anilines is 1. The molecule has 5 nitrogen and oxygen atoms in total. The summed E-state index contributed by atoms with van der Waals surface area (Å²) in [5.74, 6) is 0.993. The van der Waals surface area contributed by atoms with E-state index >= 15 is 0 Å². The SMILES string of the molecule is CC(C)(C)N1CC(Nc2ncnc3ccccc23)CC1=O. The Morgan fingerprint density at radius 2 is 2.00 bits per heavy atom. The first-order valence-electron chi connectivity index (χ1n) is 7.22. The van der Waals surface area contributed by atoms with Gasteiger partial charge in [-0.3, -0.25) is 4.79 Å². The number of hydrogen-bond acceptors (Lipinski definition) is 4. The van der Waals surface area contributed by atoms with Gasteiger partial charge in [-0.15, -0.1) is 0 Å². The van der Waals surface area contributed by atoms with Gasteiger partial charge in [-0.1, -0.05) is 12.1 Å². The highest BCUT2D eigenvalue weighted by atomic mass is 16.2. The van der Waals surface area contributed by atoms with Crippen LogP contribution in [0, 0.1) is 0 Å². The number of aromatic nitrogens is 2. The first-order chi connectivity index (χ1) is 9.95. The minimum absolute atomic E-state index is 0.0926. The van der Waals surface area contributed by atoms with Gasteiger partial charge in [-0.05, 0) is 32.9 Å². The zero-order valence-corrected chi connectivity index (χ0v) is 12.6. The molecule has 1 fully saturated rings. The zero-order valence-electron chi connectivity index (χ0n) is 12.6. The number of carbonyl (C=O) groups is 1. The van der Waals surface area contributed by atoms with Gasteiger partial charge in [0, 0.05) is 23.9 Å². The summed E-state index contributed by atoms with van der Waals surface area (Å²) >= 11 is 0. The predicted molar refractivity (Wildman–Crippen MR) is 83.0 cm³/mol. The molecule has 1 aromatic carbocycles. The van der Waals surface area contributed by atoms with E-state index in [1.165, 1.54) is 0 Å². The van der Waals surface area contributed by atoms with E-state index in [1.54, 1.807) is 6.33 Å². The smallest absolute Gasteiger partial charge is 0.225 e. The minimum atomic E-state index is -0.138. The maximum atomic E-state index is 12.1. The van der Waals surface area contributed by atoms with Gasteiger partial charge in [-0.25, -0.2) is 9.97 Å². The number of amides is 1. The van der Waals surface area contributed by atoms with Gasteiger partial charge in [0.05, 0.1) is 11.6 Å². The number of carbonyl (C=O) groups excluding carboxylic acids is 1. The van der Waals surface area contributed by atoms with Crippen molar-refractivity contribution in [2.24, 2.45) is 0 Å². The average molecular weight is 284 g/mol. The van der Waals surface area contributed by atoms with Gasteiger partial charge in [0.2, 0.25) is 5.91 Å². The van der Waals surface area contributed by atoms with Gasteiger partial charge in [-0.2, -0.15) is 0 Å². The molecule has 3 rings (SSSR count). The van der Waals surface area contributed by atoms with Crippen LogP contribution in [-0.2, 0) is 4.79 Å². The van der Waals surface area contributed by atoms with E-state index in [0.29, 0.717) is 13.0 Å². The van der Waals surface area contributed by atoms with Crippen molar-refractivity contribution in [1.82, 2.24) is 14.9 Å². The third-order valence-corrected chi connectivity index (χ3v) is 3.82. The highest BCUT2D eigenvalue weighted by molar-refractivity contribution is 5.89. The van der Waals surface area contributed by atoms with Crippen molar-refractivity contribution in [1.29, 1.82) is 0 Å². The summed E-state index contributed by atoms with van der Waals surface area (Å²) < 4.78 is 0. The lowest BCUT2D eigenvalue weighted by atomic mass is 10.1. The van der Waals surface area contributed by atoms with Crippen molar-refractivity contribution < 1.29 is 4.79 Å². The molecule has 0 spiro atoms. The number of benzene rings is 1. The van der Waals surface area contributed by atoms with E-state index in [0.717, 1.165) is 16.7 Å². The van der Waals surface area contributed by atoms with Crippen molar-refractivity contribution >= 4 is 22.6 Å². The first kappa shape index (κ1) is 13.8. The lowest BCUT2D eigenvalue weighted by Crippen LogP contribution is -2.43. The third-order valence-electron chi connectivity index (χ3n) is 3.82. The number of likely N-dealkylation sites (tertiary alicyclic amines) is 1. The van der Waals surface area contributed by atoms with Crippen molar-refractivity contribution in [2.75, 3.05) is 11.9 Å². The van der Waals surface area contributed by atoms with Gasteiger partial charge < -0.3 is 10.2 Å². The van der Waals surface area contributed by atoms with Crippen molar-refractivity contribution in [3.8, 4) is 0 Å². The second kappa shape index (κ2) is 4.98. The van der Waals surface area contributed by atoms with Crippen LogP contribution in [0.3, 0.4) is 0 Å². The molecule has 1 saturated heterocycles. The fourth-order valence-electron chi connectivity index (χ4n) is 2.77. The van der Waals surface area contributed by atoms with E-state index in [4.69, 9.17) is 0 Å². The molecular weight excluding hydrogens is 264 g/mol. The van der Waals surface area contributed by atoms with E-state index in [2.05, 4.69) is 36.1 Å². The van der Waals surface area contributed by atoms with Crippen LogP contribution in [0.15, 0.2) is 30.6 Å². The Balaban J connectivity index is 1.83. The van der Waals surface area contributed by atoms with Crippen molar-refractivity contribution in [2.45, 2.75) is 38.8 Å². The molecule has 21 heavy (non-hydrogen) atoms. The molecule has 1 aliphatic heterocycles. The number of nitrogens with one attached hydrogen (secondary N) is 1. The van der Waals surface area contributed by atoms with Crippen LogP contribution in [0.5, 0.6) is 0 Å². The molecule has 1 amide bonds. The summed E-state index contributed by atoms with van der Waals surface area (Å²) in [7, 11) is 0. The van der Waals surface area contributed by atoms with Gasteiger partial charge in [0.15, 0.2) is 0 Å². The molecule has 2 aromatic rings. The Hall–Kier alpha value is -2.17. The molecule has 110 valence electrons. The highest BCUT2D eigenvalue weighted by Crippen LogP contribution is 2.25. The molecule has 1 aliphatic rings. The summed E-state index contributed by atoms with van der Waals surface area (Å²) in [6, 6.07) is 7.98. The van der Waals surface area contributed by atoms with Crippen molar-refractivity contribution in [3.63, 3.8) is 0 Å². The normalized spacial score (nSPS) is 19.3. The summed E-state index contributed by atoms with van der Waals surface area (Å²) in [4.78, 5) is 22.7. The van der Waals surface area contributed by atoms with E-state index < -0.39 is 0 Å². The molecular formula is C16H20N4O. The van der Waals surface area contributed by atoms with E-state index in [-0.39, 0.29) is 17.5 Å². The molecule has 5 heteroatoms. The number of fused-ring (bicyclic) bond motifs is 1. The Bertz CT molecular complexity index is 672. The molecule has 1 atom stereocenters. The first-order valence-corrected chi connectivity index (χ1v) is 7.22. The summed E-state index contributed by atoms with van der Waals surface area (Å²) in [6.45, 7) is 6.90. The molecule has 1 N–H and O–H groups in total. The van der Waals surface area contributed by atoms with E-state index in [9.17, 15) is 4.79 Å². The average Bonchev–Trinajstić information content (AvgIpc) is 2.80. The quantitative estimate of drug-likeness (QED) is 0.920. The van der Waals surface area contributed by atoms with Crippen LogP contribution in [0.1, 0.15) is 27.2 Å². The van der Waals surface area contributed by atoms with Gasteiger partial charge >= 0.3 is 0 Å². The topological polar surface area (TPSA) is 58.1 Å². The lowest BCUT2D eigenvalue weighted by Gasteiger charge is -2.32. The maximum Gasteiger partial charge on any atom is 0.225 e. The Morgan fingerprint density at radius 3 is 2.71 bits per heavy atom. The summed E-state index contributed by atoms with van der Waals surface area (Å²) in [5.41, 5.74) is 0.772. The molecule has 2 heterocycles.